The maximum atomic E-state index is 11.9. The summed E-state index contributed by atoms with van der Waals surface area (Å²) in [6.07, 6.45) is 3.94. The SMILES string of the molecule is O=C(COC(=O)COc1ccc2c(c1)CCC2)NCCc1ccc2c(c1)OCCO2. The minimum absolute atomic E-state index is 0.219. The number of rotatable bonds is 8. The number of carbonyl (C=O) groups excluding carboxylic acids is 2. The van der Waals surface area contributed by atoms with Crippen LogP contribution < -0.4 is 19.5 Å². The van der Waals surface area contributed by atoms with Gasteiger partial charge in [0.25, 0.3) is 5.91 Å². The summed E-state index contributed by atoms with van der Waals surface area (Å²) in [4.78, 5) is 23.7. The standard InChI is InChI=1S/C23H25NO6/c25-22(24-9-8-16-4-7-20-21(12-16)28-11-10-27-20)14-30-23(26)15-29-19-6-5-17-2-1-3-18(17)13-19/h4-7,12-13H,1-3,8-11,14-15H2,(H,24,25). The van der Waals surface area contributed by atoms with Gasteiger partial charge in [-0.2, -0.15) is 0 Å². The highest BCUT2D eigenvalue weighted by atomic mass is 16.6. The monoisotopic (exact) mass is 411 g/mol. The van der Waals surface area contributed by atoms with Crippen molar-refractivity contribution in [3.05, 3.63) is 53.1 Å². The fourth-order valence-electron chi connectivity index (χ4n) is 3.61. The number of aryl methyl sites for hydroxylation is 2. The van der Waals surface area contributed by atoms with Crippen molar-refractivity contribution in [3.8, 4) is 17.2 Å². The van der Waals surface area contributed by atoms with Crippen LogP contribution in [0.2, 0.25) is 0 Å². The van der Waals surface area contributed by atoms with Gasteiger partial charge in [0.15, 0.2) is 24.7 Å². The second-order valence-electron chi connectivity index (χ2n) is 7.31. The van der Waals surface area contributed by atoms with Gasteiger partial charge in [0, 0.05) is 6.54 Å². The molecule has 2 aromatic rings. The van der Waals surface area contributed by atoms with Gasteiger partial charge >= 0.3 is 5.97 Å². The van der Waals surface area contributed by atoms with E-state index < -0.39 is 5.97 Å². The molecule has 30 heavy (non-hydrogen) atoms. The molecule has 7 nitrogen and oxygen atoms in total. The number of ether oxygens (including phenoxy) is 4. The van der Waals surface area contributed by atoms with Crippen molar-refractivity contribution in [1.29, 1.82) is 0 Å². The molecule has 1 aliphatic heterocycles. The molecule has 158 valence electrons. The molecule has 1 aliphatic carbocycles. The first-order chi connectivity index (χ1) is 14.7. The summed E-state index contributed by atoms with van der Waals surface area (Å²) < 4.78 is 21.5. The van der Waals surface area contributed by atoms with E-state index >= 15 is 0 Å². The molecule has 0 unspecified atom stereocenters. The van der Waals surface area contributed by atoms with Crippen molar-refractivity contribution in [3.63, 3.8) is 0 Å². The van der Waals surface area contributed by atoms with Gasteiger partial charge in [-0.1, -0.05) is 12.1 Å². The summed E-state index contributed by atoms with van der Waals surface area (Å²) in [7, 11) is 0. The number of hydrogen-bond acceptors (Lipinski definition) is 6. The van der Waals surface area contributed by atoms with Gasteiger partial charge in [-0.15, -0.1) is 0 Å². The van der Waals surface area contributed by atoms with Crippen molar-refractivity contribution < 1.29 is 28.5 Å². The van der Waals surface area contributed by atoms with Crippen LogP contribution in [0.4, 0.5) is 0 Å². The third-order valence-corrected chi connectivity index (χ3v) is 5.13. The average Bonchev–Trinajstić information content (AvgIpc) is 3.24. The summed E-state index contributed by atoms with van der Waals surface area (Å²) in [6, 6.07) is 11.6. The molecule has 1 amide bonds. The van der Waals surface area contributed by atoms with E-state index in [1.165, 1.54) is 11.1 Å². The molecule has 0 bridgehead atoms. The number of benzene rings is 2. The van der Waals surface area contributed by atoms with Crippen molar-refractivity contribution >= 4 is 11.9 Å². The molecule has 0 spiro atoms. The molecule has 1 N–H and O–H groups in total. The van der Waals surface area contributed by atoms with Crippen LogP contribution in [0.1, 0.15) is 23.1 Å². The zero-order valence-corrected chi connectivity index (χ0v) is 16.8. The van der Waals surface area contributed by atoms with E-state index in [9.17, 15) is 9.59 Å². The largest absolute Gasteiger partial charge is 0.486 e. The van der Waals surface area contributed by atoms with E-state index in [0.717, 1.165) is 36.3 Å². The van der Waals surface area contributed by atoms with Crippen molar-refractivity contribution in [2.24, 2.45) is 0 Å². The van der Waals surface area contributed by atoms with Crippen LogP contribution in [0.15, 0.2) is 36.4 Å². The predicted octanol–water partition coefficient (Wildman–Crippen LogP) is 2.23. The number of fused-ring (bicyclic) bond motifs is 2. The van der Waals surface area contributed by atoms with Crippen LogP contribution in [0.5, 0.6) is 17.2 Å². The first kappa shape index (κ1) is 20.1. The molecule has 0 radical (unpaired) electrons. The molecule has 0 fully saturated rings. The number of hydrogen-bond donors (Lipinski definition) is 1. The summed E-state index contributed by atoms with van der Waals surface area (Å²) in [5.41, 5.74) is 3.65. The van der Waals surface area contributed by atoms with E-state index in [4.69, 9.17) is 18.9 Å². The molecule has 2 aliphatic rings. The Hall–Kier alpha value is -3.22. The van der Waals surface area contributed by atoms with Crippen molar-refractivity contribution in [2.75, 3.05) is 33.0 Å². The Morgan fingerprint density at radius 2 is 1.77 bits per heavy atom. The maximum absolute atomic E-state index is 11.9. The van der Waals surface area contributed by atoms with E-state index in [1.807, 2.05) is 36.4 Å². The van der Waals surface area contributed by atoms with E-state index in [2.05, 4.69) is 5.32 Å². The second kappa shape index (κ2) is 9.52. The Labute approximate surface area is 175 Å². The molecule has 1 heterocycles. The molecule has 4 rings (SSSR count). The lowest BCUT2D eigenvalue weighted by molar-refractivity contribution is -0.150. The quantitative estimate of drug-likeness (QED) is 0.671. The van der Waals surface area contributed by atoms with Crippen LogP contribution in [0, 0.1) is 0 Å². The first-order valence-electron chi connectivity index (χ1n) is 10.2. The lowest BCUT2D eigenvalue weighted by Crippen LogP contribution is -2.31. The van der Waals surface area contributed by atoms with Gasteiger partial charge < -0.3 is 24.3 Å². The Morgan fingerprint density at radius 1 is 0.933 bits per heavy atom. The highest BCUT2D eigenvalue weighted by Gasteiger charge is 2.14. The first-order valence-corrected chi connectivity index (χ1v) is 10.2. The number of carbonyl (C=O) groups is 2. The molecular formula is C23H25NO6. The molecular weight excluding hydrogens is 386 g/mol. The molecule has 0 saturated heterocycles. The van der Waals surface area contributed by atoms with Gasteiger partial charge in [0.2, 0.25) is 0 Å². The molecule has 7 heteroatoms. The highest BCUT2D eigenvalue weighted by Crippen LogP contribution is 2.30. The Morgan fingerprint density at radius 3 is 2.67 bits per heavy atom. The van der Waals surface area contributed by atoms with Crippen molar-refractivity contribution in [2.45, 2.75) is 25.7 Å². The third-order valence-electron chi connectivity index (χ3n) is 5.13. The summed E-state index contributed by atoms with van der Waals surface area (Å²) in [5, 5.41) is 2.74. The summed E-state index contributed by atoms with van der Waals surface area (Å²) in [5.74, 6) is 1.19. The van der Waals surface area contributed by atoms with E-state index in [-0.39, 0.29) is 19.1 Å². The van der Waals surface area contributed by atoms with Crippen LogP contribution in [-0.2, 0) is 33.6 Å². The minimum Gasteiger partial charge on any atom is -0.486 e. The molecule has 0 aromatic heterocycles. The summed E-state index contributed by atoms with van der Waals surface area (Å²) >= 11 is 0. The smallest absolute Gasteiger partial charge is 0.344 e. The topological polar surface area (TPSA) is 83.1 Å². The van der Waals surface area contributed by atoms with Crippen LogP contribution in [-0.4, -0.2) is 44.8 Å². The molecule has 0 atom stereocenters. The molecule has 0 saturated carbocycles. The van der Waals surface area contributed by atoms with Gasteiger partial charge in [-0.05, 0) is 66.6 Å². The average molecular weight is 411 g/mol. The van der Waals surface area contributed by atoms with Crippen LogP contribution in [0.25, 0.3) is 0 Å². The van der Waals surface area contributed by atoms with Crippen molar-refractivity contribution in [1.82, 2.24) is 5.32 Å². The summed E-state index contributed by atoms with van der Waals surface area (Å²) in [6.45, 7) is 0.979. The van der Waals surface area contributed by atoms with E-state index in [1.54, 1.807) is 0 Å². The number of amides is 1. The fourth-order valence-corrected chi connectivity index (χ4v) is 3.61. The van der Waals surface area contributed by atoms with Gasteiger partial charge in [-0.3, -0.25) is 4.79 Å². The predicted molar refractivity (Wildman–Crippen MR) is 109 cm³/mol. The zero-order chi connectivity index (χ0) is 20.8. The zero-order valence-electron chi connectivity index (χ0n) is 16.8. The van der Waals surface area contributed by atoms with Crippen LogP contribution >= 0.6 is 0 Å². The highest BCUT2D eigenvalue weighted by molar-refractivity contribution is 5.80. The third kappa shape index (κ3) is 5.23. The Kier molecular flexibility index (Phi) is 6.37. The lowest BCUT2D eigenvalue weighted by atomic mass is 10.1. The number of nitrogens with one attached hydrogen (secondary N) is 1. The fraction of sp³-hybridized carbons (Fsp3) is 0.391. The second-order valence-corrected chi connectivity index (χ2v) is 7.31. The lowest BCUT2D eigenvalue weighted by Gasteiger charge is -2.18. The van der Waals surface area contributed by atoms with Gasteiger partial charge in [0.1, 0.15) is 19.0 Å². The van der Waals surface area contributed by atoms with Crippen LogP contribution in [0.3, 0.4) is 0 Å². The van der Waals surface area contributed by atoms with Gasteiger partial charge in [0.05, 0.1) is 0 Å². The van der Waals surface area contributed by atoms with Gasteiger partial charge in [-0.25, -0.2) is 4.79 Å². The normalized spacial score (nSPS) is 14.0. The molecule has 2 aromatic carbocycles. The Bertz CT molecular complexity index is 926. The number of esters is 1. The van der Waals surface area contributed by atoms with E-state index in [0.29, 0.717) is 31.9 Å². The Balaban J connectivity index is 1.13. The maximum Gasteiger partial charge on any atom is 0.344 e. The minimum atomic E-state index is -0.572.